The molecule has 7 heteroatoms. The molecule has 0 aliphatic carbocycles. The van der Waals surface area contributed by atoms with Gasteiger partial charge in [-0.25, -0.2) is 12.7 Å². The van der Waals surface area contributed by atoms with E-state index in [1.165, 1.54) is 6.26 Å². The highest BCUT2D eigenvalue weighted by Gasteiger charge is 2.41. The summed E-state index contributed by atoms with van der Waals surface area (Å²) >= 11 is 0. The van der Waals surface area contributed by atoms with Crippen LogP contribution >= 0.6 is 0 Å². The quantitative estimate of drug-likeness (QED) is 0.821. The third kappa shape index (κ3) is 4.29. The van der Waals surface area contributed by atoms with Gasteiger partial charge in [-0.3, -0.25) is 9.88 Å². The predicted molar refractivity (Wildman–Crippen MR) is 88.4 cm³/mol. The van der Waals surface area contributed by atoms with Gasteiger partial charge in [-0.15, -0.1) is 0 Å². The van der Waals surface area contributed by atoms with Gasteiger partial charge in [0, 0.05) is 44.3 Å². The van der Waals surface area contributed by atoms with Crippen LogP contribution in [0, 0.1) is 5.41 Å². The largest absolute Gasteiger partial charge is 0.379 e. The zero-order valence-corrected chi connectivity index (χ0v) is 14.5. The molecule has 1 atom stereocenters. The summed E-state index contributed by atoms with van der Waals surface area (Å²) in [7, 11) is -3.14. The highest BCUT2D eigenvalue weighted by Crippen LogP contribution is 2.34. The lowest BCUT2D eigenvalue weighted by atomic mass is 9.81. The van der Waals surface area contributed by atoms with Crippen LogP contribution in [0.15, 0.2) is 24.4 Å². The SMILES string of the molecule is CS(=O)(=O)N1CCC[C@@]2(COCCN(Cc3ccccn3)C2)C1. The van der Waals surface area contributed by atoms with Gasteiger partial charge in [-0.1, -0.05) is 6.07 Å². The van der Waals surface area contributed by atoms with E-state index in [1.807, 2.05) is 24.4 Å². The van der Waals surface area contributed by atoms with Crippen molar-refractivity contribution in [3.05, 3.63) is 30.1 Å². The van der Waals surface area contributed by atoms with Crippen LogP contribution in [-0.4, -0.2) is 68.3 Å². The fourth-order valence-corrected chi connectivity index (χ4v) is 4.60. The van der Waals surface area contributed by atoms with Crippen LogP contribution in [0.1, 0.15) is 18.5 Å². The van der Waals surface area contributed by atoms with Crippen molar-refractivity contribution in [3.63, 3.8) is 0 Å². The van der Waals surface area contributed by atoms with E-state index >= 15 is 0 Å². The number of sulfonamides is 1. The second kappa shape index (κ2) is 6.84. The van der Waals surface area contributed by atoms with Crippen molar-refractivity contribution in [2.75, 3.05) is 45.6 Å². The average molecular weight is 339 g/mol. The van der Waals surface area contributed by atoms with Gasteiger partial charge in [0.1, 0.15) is 0 Å². The molecule has 0 aromatic carbocycles. The van der Waals surface area contributed by atoms with Crippen LogP contribution in [0.25, 0.3) is 0 Å². The molecule has 128 valence electrons. The first-order valence-electron chi connectivity index (χ1n) is 8.12. The highest BCUT2D eigenvalue weighted by atomic mass is 32.2. The molecule has 1 aromatic heterocycles. The van der Waals surface area contributed by atoms with Crippen molar-refractivity contribution in [3.8, 4) is 0 Å². The van der Waals surface area contributed by atoms with Crippen molar-refractivity contribution in [1.29, 1.82) is 0 Å². The minimum atomic E-state index is -3.14. The Morgan fingerprint density at radius 3 is 2.91 bits per heavy atom. The lowest BCUT2D eigenvalue weighted by Crippen LogP contribution is -2.51. The monoisotopic (exact) mass is 339 g/mol. The summed E-state index contributed by atoms with van der Waals surface area (Å²) in [5, 5.41) is 0. The Hall–Kier alpha value is -1.02. The number of rotatable bonds is 3. The van der Waals surface area contributed by atoms with Gasteiger partial charge in [0.2, 0.25) is 10.0 Å². The first-order chi connectivity index (χ1) is 11.0. The molecule has 2 aliphatic rings. The molecule has 0 radical (unpaired) electrons. The number of hydrogen-bond donors (Lipinski definition) is 0. The Balaban J connectivity index is 1.73. The lowest BCUT2D eigenvalue weighted by Gasteiger charge is -2.42. The summed E-state index contributed by atoms with van der Waals surface area (Å²) in [6.07, 6.45) is 5.02. The van der Waals surface area contributed by atoms with E-state index in [0.717, 1.165) is 38.2 Å². The highest BCUT2D eigenvalue weighted by molar-refractivity contribution is 7.88. The van der Waals surface area contributed by atoms with E-state index in [0.29, 0.717) is 26.3 Å². The van der Waals surface area contributed by atoms with Gasteiger partial charge in [0.25, 0.3) is 0 Å². The molecule has 3 heterocycles. The number of nitrogens with zero attached hydrogens (tertiary/aromatic N) is 3. The third-order valence-electron chi connectivity index (χ3n) is 4.73. The zero-order chi connectivity index (χ0) is 16.3. The summed E-state index contributed by atoms with van der Waals surface area (Å²) in [4.78, 5) is 6.75. The molecule has 0 bridgehead atoms. The van der Waals surface area contributed by atoms with Crippen LogP contribution in [0.5, 0.6) is 0 Å². The summed E-state index contributed by atoms with van der Waals surface area (Å²) < 4.78 is 31.3. The van der Waals surface area contributed by atoms with Crippen molar-refractivity contribution in [1.82, 2.24) is 14.2 Å². The average Bonchev–Trinajstić information content (AvgIpc) is 2.70. The Labute approximate surface area is 138 Å². The van der Waals surface area contributed by atoms with Crippen LogP contribution in [-0.2, 0) is 21.3 Å². The molecule has 0 saturated carbocycles. The summed E-state index contributed by atoms with van der Waals surface area (Å²) in [5.41, 5.74) is 0.937. The molecule has 3 rings (SSSR count). The Bertz CT molecular complexity index is 623. The molecular formula is C16H25N3O3S. The minimum absolute atomic E-state index is 0.105. The molecule has 0 unspecified atom stereocenters. The molecule has 2 aliphatic heterocycles. The summed E-state index contributed by atoms with van der Waals surface area (Å²) in [6, 6.07) is 5.95. The van der Waals surface area contributed by atoms with E-state index in [-0.39, 0.29) is 5.41 Å². The first kappa shape index (κ1) is 16.8. The number of hydrogen-bond acceptors (Lipinski definition) is 5. The standard InChI is InChI=1S/C16H25N3O3S/c1-23(20,21)19-8-4-6-16(13-19)12-18(9-10-22-14-16)11-15-5-2-3-7-17-15/h2-3,5,7H,4,6,8-14H2,1H3/t16-/m0/s1. The normalized spacial score (nSPS) is 27.9. The molecule has 23 heavy (non-hydrogen) atoms. The van der Waals surface area contributed by atoms with Crippen molar-refractivity contribution < 1.29 is 13.2 Å². The molecule has 1 spiro atoms. The maximum absolute atomic E-state index is 11.9. The van der Waals surface area contributed by atoms with E-state index in [9.17, 15) is 8.42 Å². The second-order valence-electron chi connectivity index (χ2n) is 6.78. The van der Waals surface area contributed by atoms with Gasteiger partial charge in [0.15, 0.2) is 0 Å². The van der Waals surface area contributed by atoms with E-state index < -0.39 is 10.0 Å². The first-order valence-corrected chi connectivity index (χ1v) is 9.97. The number of ether oxygens (including phenoxy) is 1. The van der Waals surface area contributed by atoms with Crippen LogP contribution in [0.3, 0.4) is 0 Å². The van der Waals surface area contributed by atoms with E-state index in [2.05, 4.69) is 9.88 Å². The predicted octanol–water partition coefficient (Wildman–Crippen LogP) is 0.956. The third-order valence-corrected chi connectivity index (χ3v) is 5.98. The van der Waals surface area contributed by atoms with Gasteiger partial charge in [-0.2, -0.15) is 0 Å². The molecule has 0 N–H and O–H groups in total. The maximum Gasteiger partial charge on any atom is 0.211 e. The fourth-order valence-electron chi connectivity index (χ4n) is 3.63. The summed E-state index contributed by atoms with van der Waals surface area (Å²) in [6.45, 7) is 5.01. The van der Waals surface area contributed by atoms with Crippen LogP contribution in [0.2, 0.25) is 0 Å². The lowest BCUT2D eigenvalue weighted by molar-refractivity contribution is 0.0283. The van der Waals surface area contributed by atoms with E-state index in [4.69, 9.17) is 4.74 Å². The number of pyridine rings is 1. The molecule has 0 amide bonds. The smallest absolute Gasteiger partial charge is 0.211 e. The number of aromatic nitrogens is 1. The maximum atomic E-state index is 11.9. The fraction of sp³-hybridized carbons (Fsp3) is 0.688. The van der Waals surface area contributed by atoms with Gasteiger partial charge >= 0.3 is 0 Å². The van der Waals surface area contributed by atoms with Gasteiger partial charge in [-0.05, 0) is 25.0 Å². The second-order valence-corrected chi connectivity index (χ2v) is 8.77. The molecule has 2 fully saturated rings. The topological polar surface area (TPSA) is 62.7 Å². The van der Waals surface area contributed by atoms with E-state index in [1.54, 1.807) is 4.31 Å². The molecule has 6 nitrogen and oxygen atoms in total. The van der Waals surface area contributed by atoms with Crippen molar-refractivity contribution in [2.24, 2.45) is 5.41 Å². The van der Waals surface area contributed by atoms with Gasteiger partial charge < -0.3 is 4.74 Å². The summed E-state index contributed by atoms with van der Waals surface area (Å²) in [5.74, 6) is 0. The van der Waals surface area contributed by atoms with Crippen LogP contribution < -0.4 is 0 Å². The Morgan fingerprint density at radius 1 is 1.30 bits per heavy atom. The van der Waals surface area contributed by atoms with Gasteiger partial charge in [0.05, 0.1) is 25.2 Å². The zero-order valence-electron chi connectivity index (χ0n) is 13.6. The van der Waals surface area contributed by atoms with Crippen LogP contribution in [0.4, 0.5) is 0 Å². The molecule has 2 saturated heterocycles. The molecule has 1 aromatic rings. The minimum Gasteiger partial charge on any atom is -0.379 e. The van der Waals surface area contributed by atoms with Crippen molar-refractivity contribution >= 4 is 10.0 Å². The Kier molecular flexibility index (Phi) is 5.01. The number of piperidine rings is 1. The Morgan fingerprint density at radius 2 is 2.17 bits per heavy atom. The van der Waals surface area contributed by atoms with Crippen molar-refractivity contribution in [2.45, 2.75) is 19.4 Å². The molecular weight excluding hydrogens is 314 g/mol.